The van der Waals surface area contributed by atoms with E-state index in [1.807, 2.05) is 55.5 Å². The van der Waals surface area contributed by atoms with Crippen LogP contribution in [0.25, 0.3) is 10.2 Å². The molecule has 1 aromatic heterocycles. The lowest BCUT2D eigenvalue weighted by Gasteiger charge is -2.16. The number of fused-ring (bicyclic) bond motifs is 1. The Balaban J connectivity index is 1.33. The van der Waals surface area contributed by atoms with Crippen molar-refractivity contribution in [1.29, 1.82) is 0 Å². The molecule has 10 heteroatoms. The molecule has 2 N–H and O–H groups in total. The molecule has 198 valence electrons. The van der Waals surface area contributed by atoms with Crippen molar-refractivity contribution in [3.8, 4) is 5.75 Å². The van der Waals surface area contributed by atoms with Crippen LogP contribution in [0.3, 0.4) is 0 Å². The summed E-state index contributed by atoms with van der Waals surface area (Å²) in [4.78, 5) is 19.0. The van der Waals surface area contributed by atoms with Crippen molar-refractivity contribution in [1.82, 2.24) is 4.98 Å². The smallest absolute Gasteiger partial charge is 0.261 e. The van der Waals surface area contributed by atoms with E-state index in [2.05, 4.69) is 15.0 Å². The molecule has 1 unspecified atom stereocenters. The number of sulfonamides is 1. The molecule has 5 aromatic rings. The third kappa shape index (κ3) is 6.42. The summed E-state index contributed by atoms with van der Waals surface area (Å²) >= 11 is 2.76. The topological polar surface area (TPSA) is 97.4 Å². The molecule has 5 rings (SSSR count). The van der Waals surface area contributed by atoms with Gasteiger partial charge in [-0.05, 0) is 67.1 Å². The summed E-state index contributed by atoms with van der Waals surface area (Å²) in [7, 11) is -2.10. The number of aryl methyl sites for hydroxylation is 1. The second kappa shape index (κ2) is 11.5. The lowest BCUT2D eigenvalue weighted by atomic mass is 10.1. The molecule has 1 heterocycles. The number of rotatable bonds is 9. The molecule has 0 radical (unpaired) electrons. The first kappa shape index (κ1) is 26.7. The van der Waals surface area contributed by atoms with E-state index < -0.39 is 15.3 Å². The van der Waals surface area contributed by atoms with Crippen LogP contribution in [0.1, 0.15) is 16.4 Å². The first-order valence-corrected chi connectivity index (χ1v) is 15.2. The van der Waals surface area contributed by atoms with Gasteiger partial charge in [0.05, 0.1) is 22.2 Å². The Hall–Kier alpha value is -3.86. The second-order valence-corrected chi connectivity index (χ2v) is 12.6. The highest BCUT2D eigenvalue weighted by Gasteiger charge is 2.23. The summed E-state index contributed by atoms with van der Waals surface area (Å²) < 4.78 is 34.3. The van der Waals surface area contributed by atoms with Crippen LogP contribution in [0.4, 0.5) is 10.8 Å². The third-order valence-electron chi connectivity index (χ3n) is 5.86. The summed E-state index contributed by atoms with van der Waals surface area (Å²) in [5.74, 6) is 0.521. The fourth-order valence-electron chi connectivity index (χ4n) is 3.83. The zero-order valence-corrected chi connectivity index (χ0v) is 23.6. The number of carbonyl (C=O) groups excluding carboxylic acids is 1. The Morgan fingerprint density at radius 2 is 1.67 bits per heavy atom. The van der Waals surface area contributed by atoms with Crippen molar-refractivity contribution < 1.29 is 17.9 Å². The Morgan fingerprint density at radius 1 is 0.949 bits per heavy atom. The molecule has 0 spiro atoms. The summed E-state index contributed by atoms with van der Waals surface area (Å²) in [6, 6.07) is 28.7. The second-order valence-electron chi connectivity index (χ2n) is 8.69. The number of ether oxygens (including phenoxy) is 1. The molecule has 1 atom stereocenters. The summed E-state index contributed by atoms with van der Waals surface area (Å²) in [6.45, 7) is 1.90. The number of anilines is 2. The zero-order valence-electron chi connectivity index (χ0n) is 21.1. The van der Waals surface area contributed by atoms with Gasteiger partial charge in [0, 0.05) is 10.6 Å². The first-order chi connectivity index (χ1) is 18.8. The minimum Gasteiger partial charge on any atom is -0.497 e. The fraction of sp³-hybridized carbons (Fsp3) is 0.103. The average Bonchev–Trinajstić information content (AvgIpc) is 3.34. The Kier molecular flexibility index (Phi) is 7.87. The van der Waals surface area contributed by atoms with Gasteiger partial charge in [-0.25, -0.2) is 13.4 Å². The van der Waals surface area contributed by atoms with Crippen molar-refractivity contribution in [2.75, 3.05) is 17.1 Å². The zero-order chi connectivity index (χ0) is 27.4. The van der Waals surface area contributed by atoms with E-state index in [1.165, 1.54) is 23.1 Å². The molecular formula is C29H25N3O4S3. The molecule has 0 fully saturated rings. The van der Waals surface area contributed by atoms with Crippen LogP contribution in [0.2, 0.25) is 0 Å². The predicted molar refractivity (Wildman–Crippen MR) is 158 cm³/mol. The fourth-order valence-corrected chi connectivity index (χ4v) is 6.81. The van der Waals surface area contributed by atoms with Gasteiger partial charge in [0.1, 0.15) is 11.0 Å². The monoisotopic (exact) mass is 575 g/mol. The van der Waals surface area contributed by atoms with Crippen LogP contribution in [0.15, 0.2) is 107 Å². The quantitative estimate of drug-likeness (QED) is 0.186. The Labute approximate surface area is 235 Å². The number of carbonyl (C=O) groups is 1. The molecule has 0 aliphatic rings. The first-order valence-electron chi connectivity index (χ1n) is 12.0. The van der Waals surface area contributed by atoms with Crippen LogP contribution < -0.4 is 14.8 Å². The normalized spacial score (nSPS) is 12.2. The van der Waals surface area contributed by atoms with Gasteiger partial charge in [0.25, 0.3) is 10.0 Å². The van der Waals surface area contributed by atoms with Crippen molar-refractivity contribution in [2.24, 2.45) is 0 Å². The number of methoxy groups -OCH3 is 1. The van der Waals surface area contributed by atoms with Gasteiger partial charge in [0.15, 0.2) is 5.13 Å². The molecule has 4 aromatic carbocycles. The van der Waals surface area contributed by atoms with Gasteiger partial charge in [0.2, 0.25) is 5.91 Å². The highest BCUT2D eigenvalue weighted by Crippen LogP contribution is 2.38. The lowest BCUT2D eigenvalue weighted by molar-refractivity contribution is -0.115. The van der Waals surface area contributed by atoms with Gasteiger partial charge < -0.3 is 10.1 Å². The van der Waals surface area contributed by atoms with Gasteiger partial charge in [-0.15, -0.1) is 11.8 Å². The van der Waals surface area contributed by atoms with Crippen LogP contribution in [-0.4, -0.2) is 26.4 Å². The van der Waals surface area contributed by atoms with E-state index in [0.29, 0.717) is 10.8 Å². The van der Waals surface area contributed by atoms with E-state index >= 15 is 0 Å². The molecule has 0 saturated heterocycles. The maximum Gasteiger partial charge on any atom is 0.261 e. The highest BCUT2D eigenvalue weighted by molar-refractivity contribution is 8.00. The molecule has 7 nitrogen and oxygen atoms in total. The van der Waals surface area contributed by atoms with Crippen LogP contribution in [0, 0.1) is 6.92 Å². The van der Waals surface area contributed by atoms with Crippen LogP contribution in [-0.2, 0) is 14.8 Å². The largest absolute Gasteiger partial charge is 0.497 e. The van der Waals surface area contributed by atoms with Crippen molar-refractivity contribution >= 4 is 60.1 Å². The lowest BCUT2D eigenvalue weighted by Crippen LogP contribution is -2.18. The minimum atomic E-state index is -3.71. The molecule has 0 aliphatic carbocycles. The van der Waals surface area contributed by atoms with Crippen molar-refractivity contribution in [3.05, 3.63) is 108 Å². The number of nitrogens with zero attached hydrogens (tertiary/aromatic N) is 1. The standard InChI is InChI=1S/C29H25N3O4S3/c1-19-8-15-24(16-9-19)39(34,35)32-21-10-13-23(14-11-21)37-27(20-6-4-3-5-7-20)28(33)31-29-30-25-17-12-22(36-2)18-26(25)38-29/h3-18,27,32H,1-2H3,(H,30,31,33). The summed E-state index contributed by atoms with van der Waals surface area (Å²) in [5.41, 5.74) is 3.04. The molecular weight excluding hydrogens is 551 g/mol. The summed E-state index contributed by atoms with van der Waals surface area (Å²) in [5, 5.41) is 2.92. The number of benzene rings is 4. The van der Waals surface area contributed by atoms with Crippen molar-refractivity contribution in [2.45, 2.75) is 22.0 Å². The maximum atomic E-state index is 13.5. The number of thiazole rings is 1. The van der Waals surface area contributed by atoms with Gasteiger partial charge >= 0.3 is 0 Å². The SMILES string of the molecule is COc1ccc2nc(NC(=O)C(Sc3ccc(NS(=O)(=O)c4ccc(C)cc4)cc3)c3ccccc3)sc2c1. The molecule has 1 amide bonds. The average molecular weight is 576 g/mol. The number of hydrogen-bond acceptors (Lipinski definition) is 7. The van der Waals surface area contributed by atoms with Gasteiger partial charge in [-0.1, -0.05) is 59.4 Å². The predicted octanol–water partition coefficient (Wildman–Crippen LogP) is 6.89. The maximum absolute atomic E-state index is 13.5. The molecule has 0 saturated carbocycles. The Bertz CT molecular complexity index is 1700. The number of aromatic nitrogens is 1. The number of hydrogen-bond donors (Lipinski definition) is 2. The van der Waals surface area contributed by atoms with Crippen LogP contribution in [0.5, 0.6) is 5.75 Å². The molecule has 0 bridgehead atoms. The van der Waals surface area contributed by atoms with Gasteiger partial charge in [-0.3, -0.25) is 9.52 Å². The third-order valence-corrected chi connectivity index (χ3v) is 9.46. The number of amides is 1. The van der Waals surface area contributed by atoms with E-state index in [9.17, 15) is 13.2 Å². The van der Waals surface area contributed by atoms with E-state index in [0.717, 1.165) is 32.0 Å². The molecule has 39 heavy (non-hydrogen) atoms. The van der Waals surface area contributed by atoms with Gasteiger partial charge in [-0.2, -0.15) is 0 Å². The minimum absolute atomic E-state index is 0.195. The van der Waals surface area contributed by atoms with Crippen LogP contribution >= 0.6 is 23.1 Å². The number of nitrogens with one attached hydrogen (secondary N) is 2. The van der Waals surface area contributed by atoms with E-state index in [1.54, 1.807) is 55.6 Å². The highest BCUT2D eigenvalue weighted by atomic mass is 32.2. The van der Waals surface area contributed by atoms with E-state index in [4.69, 9.17) is 4.74 Å². The summed E-state index contributed by atoms with van der Waals surface area (Å²) in [6.07, 6.45) is 0. The number of thioether (sulfide) groups is 1. The van der Waals surface area contributed by atoms with Crippen molar-refractivity contribution in [3.63, 3.8) is 0 Å². The van der Waals surface area contributed by atoms with E-state index in [-0.39, 0.29) is 10.8 Å². The Morgan fingerprint density at radius 3 is 2.36 bits per heavy atom. The molecule has 0 aliphatic heterocycles.